The molecule has 2 amide bonds. The number of benzene rings is 3. The predicted molar refractivity (Wildman–Crippen MR) is 154 cm³/mol. The SMILES string of the molecule is COC(=O)c1ccccc1NC(=O)c1ccccc1N=C(C(C)NC(=O)OCc1ccccc1)N1CCCCC1. The predicted octanol–water partition coefficient (Wildman–Crippen LogP) is 5.56. The van der Waals surface area contributed by atoms with E-state index in [2.05, 4.69) is 15.5 Å². The molecule has 0 spiro atoms. The second-order valence-electron chi connectivity index (χ2n) is 9.45. The average molecular weight is 543 g/mol. The zero-order valence-corrected chi connectivity index (χ0v) is 22.8. The number of para-hydroxylation sites is 2. The van der Waals surface area contributed by atoms with Gasteiger partial charge in [0.2, 0.25) is 0 Å². The molecule has 1 unspecified atom stereocenters. The van der Waals surface area contributed by atoms with Crippen LogP contribution in [0.2, 0.25) is 0 Å². The summed E-state index contributed by atoms with van der Waals surface area (Å²) in [7, 11) is 1.29. The Kier molecular flexibility index (Phi) is 9.88. The van der Waals surface area contributed by atoms with Crippen LogP contribution in [-0.4, -0.2) is 54.9 Å². The van der Waals surface area contributed by atoms with Crippen LogP contribution < -0.4 is 10.6 Å². The van der Waals surface area contributed by atoms with Gasteiger partial charge in [0.15, 0.2) is 0 Å². The first-order valence-corrected chi connectivity index (χ1v) is 13.3. The van der Waals surface area contributed by atoms with Crippen molar-refractivity contribution in [2.45, 2.75) is 38.8 Å². The first kappa shape index (κ1) is 28.4. The van der Waals surface area contributed by atoms with Gasteiger partial charge in [0, 0.05) is 13.1 Å². The molecule has 0 radical (unpaired) electrons. The summed E-state index contributed by atoms with van der Waals surface area (Å²) < 4.78 is 10.3. The number of amides is 2. The number of carbonyl (C=O) groups is 3. The molecule has 1 atom stereocenters. The van der Waals surface area contributed by atoms with Gasteiger partial charge in [-0.1, -0.05) is 54.6 Å². The van der Waals surface area contributed by atoms with E-state index in [1.807, 2.05) is 37.3 Å². The number of alkyl carbamates (subject to hydrolysis) is 1. The van der Waals surface area contributed by atoms with E-state index in [9.17, 15) is 14.4 Å². The van der Waals surface area contributed by atoms with Gasteiger partial charge in [0.25, 0.3) is 5.91 Å². The van der Waals surface area contributed by atoms with Gasteiger partial charge in [-0.3, -0.25) is 4.79 Å². The normalized spacial score (nSPS) is 14.2. The van der Waals surface area contributed by atoms with E-state index in [4.69, 9.17) is 14.5 Å². The minimum absolute atomic E-state index is 0.158. The van der Waals surface area contributed by atoms with Gasteiger partial charge in [-0.25, -0.2) is 14.6 Å². The summed E-state index contributed by atoms with van der Waals surface area (Å²) in [6.07, 6.45) is 2.60. The van der Waals surface area contributed by atoms with Crippen molar-refractivity contribution in [1.82, 2.24) is 10.2 Å². The minimum atomic E-state index is -0.550. The minimum Gasteiger partial charge on any atom is -0.465 e. The number of aliphatic imine (C=N–C) groups is 1. The third-order valence-corrected chi connectivity index (χ3v) is 6.58. The highest BCUT2D eigenvalue weighted by atomic mass is 16.5. The van der Waals surface area contributed by atoms with Crippen molar-refractivity contribution in [3.63, 3.8) is 0 Å². The van der Waals surface area contributed by atoms with Crippen molar-refractivity contribution >= 4 is 35.2 Å². The van der Waals surface area contributed by atoms with Gasteiger partial charge in [0.1, 0.15) is 12.4 Å². The van der Waals surface area contributed by atoms with Gasteiger partial charge in [-0.05, 0) is 56.0 Å². The molecule has 0 saturated carbocycles. The van der Waals surface area contributed by atoms with Crippen molar-refractivity contribution in [3.05, 3.63) is 95.6 Å². The smallest absolute Gasteiger partial charge is 0.408 e. The molecular weight excluding hydrogens is 508 g/mol. The summed E-state index contributed by atoms with van der Waals surface area (Å²) in [5.41, 5.74) is 2.26. The van der Waals surface area contributed by atoms with Crippen LogP contribution in [-0.2, 0) is 16.1 Å². The van der Waals surface area contributed by atoms with E-state index in [1.54, 1.807) is 48.5 Å². The van der Waals surface area contributed by atoms with Crippen LogP contribution in [0.15, 0.2) is 83.9 Å². The van der Waals surface area contributed by atoms with Crippen LogP contribution in [0.1, 0.15) is 52.5 Å². The fourth-order valence-electron chi connectivity index (χ4n) is 4.53. The number of anilines is 1. The molecule has 1 aliphatic rings. The number of methoxy groups -OCH3 is 1. The Hall–Kier alpha value is -4.66. The van der Waals surface area contributed by atoms with E-state index in [-0.39, 0.29) is 12.2 Å². The lowest BCUT2D eigenvalue weighted by Gasteiger charge is -2.33. The van der Waals surface area contributed by atoms with Gasteiger partial charge < -0.3 is 25.0 Å². The Bertz CT molecular complexity index is 1350. The maximum atomic E-state index is 13.4. The van der Waals surface area contributed by atoms with E-state index in [0.29, 0.717) is 22.8 Å². The Morgan fingerprint density at radius 2 is 1.52 bits per heavy atom. The molecule has 1 heterocycles. The number of rotatable bonds is 8. The molecule has 9 nitrogen and oxygen atoms in total. The van der Waals surface area contributed by atoms with Crippen LogP contribution in [0.5, 0.6) is 0 Å². The first-order chi connectivity index (χ1) is 19.5. The van der Waals surface area contributed by atoms with Gasteiger partial charge >= 0.3 is 12.1 Å². The third kappa shape index (κ3) is 7.47. The standard InChI is InChI=1S/C31H34N4O5/c1-22(32-31(38)40-21-23-13-5-3-6-14-23)28(35-19-11-4-12-20-35)33-26-17-9-7-15-24(26)29(36)34-27-18-10-8-16-25(27)30(37)39-2/h3,5-10,13-18,22H,4,11-12,19-21H2,1-2H3,(H,32,38)(H,34,36). The molecule has 1 fully saturated rings. The first-order valence-electron chi connectivity index (χ1n) is 13.3. The molecule has 2 N–H and O–H groups in total. The van der Waals surface area contributed by atoms with Crippen molar-refractivity contribution in [2.75, 3.05) is 25.5 Å². The maximum Gasteiger partial charge on any atom is 0.408 e. The van der Waals surface area contributed by atoms with E-state index >= 15 is 0 Å². The van der Waals surface area contributed by atoms with E-state index in [0.717, 1.165) is 37.9 Å². The van der Waals surface area contributed by atoms with Crippen molar-refractivity contribution in [2.24, 2.45) is 4.99 Å². The number of esters is 1. The highest BCUT2D eigenvalue weighted by molar-refractivity contribution is 6.11. The van der Waals surface area contributed by atoms with Crippen molar-refractivity contribution in [1.29, 1.82) is 0 Å². The molecule has 40 heavy (non-hydrogen) atoms. The number of hydrogen-bond acceptors (Lipinski definition) is 6. The number of amidine groups is 1. The van der Waals surface area contributed by atoms with E-state index < -0.39 is 24.0 Å². The number of hydrogen-bond donors (Lipinski definition) is 2. The highest BCUT2D eigenvalue weighted by Crippen LogP contribution is 2.24. The summed E-state index contributed by atoms with van der Waals surface area (Å²) in [5, 5.41) is 5.71. The summed E-state index contributed by atoms with van der Waals surface area (Å²) in [6.45, 7) is 3.60. The second-order valence-corrected chi connectivity index (χ2v) is 9.45. The van der Waals surface area contributed by atoms with Gasteiger partial charge in [-0.15, -0.1) is 0 Å². The quantitative estimate of drug-likeness (QED) is 0.219. The monoisotopic (exact) mass is 542 g/mol. The Morgan fingerprint density at radius 1 is 0.875 bits per heavy atom. The molecule has 9 heteroatoms. The molecule has 1 aliphatic heterocycles. The average Bonchev–Trinajstić information content (AvgIpc) is 2.99. The number of nitrogens with zero attached hydrogens (tertiary/aromatic N) is 2. The number of nitrogens with one attached hydrogen (secondary N) is 2. The fourth-order valence-corrected chi connectivity index (χ4v) is 4.53. The summed E-state index contributed by atoms with van der Waals surface area (Å²) in [4.78, 5) is 45.3. The van der Waals surface area contributed by atoms with Crippen LogP contribution in [0.4, 0.5) is 16.2 Å². The van der Waals surface area contributed by atoms with Gasteiger partial charge in [0.05, 0.1) is 35.7 Å². The molecule has 0 aromatic heterocycles. The molecule has 3 aromatic carbocycles. The largest absolute Gasteiger partial charge is 0.465 e. The van der Waals surface area contributed by atoms with Crippen molar-refractivity contribution in [3.8, 4) is 0 Å². The third-order valence-electron chi connectivity index (χ3n) is 6.58. The zero-order valence-electron chi connectivity index (χ0n) is 22.8. The van der Waals surface area contributed by atoms with Crippen LogP contribution in [0.25, 0.3) is 0 Å². The number of ether oxygens (including phenoxy) is 2. The molecule has 0 bridgehead atoms. The lowest BCUT2D eigenvalue weighted by Crippen LogP contribution is -2.48. The molecule has 3 aromatic rings. The van der Waals surface area contributed by atoms with E-state index in [1.165, 1.54) is 7.11 Å². The lowest BCUT2D eigenvalue weighted by atomic mass is 10.1. The topological polar surface area (TPSA) is 109 Å². The molecule has 208 valence electrons. The molecule has 4 rings (SSSR count). The number of carbonyl (C=O) groups excluding carboxylic acids is 3. The molecule has 1 saturated heterocycles. The Labute approximate surface area is 234 Å². The second kappa shape index (κ2) is 13.9. The summed E-state index contributed by atoms with van der Waals surface area (Å²) >= 11 is 0. The number of piperidine rings is 1. The zero-order chi connectivity index (χ0) is 28.3. The van der Waals surface area contributed by atoms with Crippen LogP contribution in [0, 0.1) is 0 Å². The highest BCUT2D eigenvalue weighted by Gasteiger charge is 2.24. The number of likely N-dealkylation sites (tertiary alicyclic amines) is 1. The summed E-state index contributed by atoms with van der Waals surface area (Å²) in [6, 6.07) is 22.6. The molecule has 0 aliphatic carbocycles. The van der Waals surface area contributed by atoms with Crippen LogP contribution >= 0.6 is 0 Å². The summed E-state index contributed by atoms with van der Waals surface area (Å²) in [5.74, 6) is -0.322. The van der Waals surface area contributed by atoms with Gasteiger partial charge in [-0.2, -0.15) is 0 Å². The van der Waals surface area contributed by atoms with Crippen molar-refractivity contribution < 1.29 is 23.9 Å². The Balaban J connectivity index is 1.57. The Morgan fingerprint density at radius 3 is 2.25 bits per heavy atom. The van der Waals surface area contributed by atoms with Crippen LogP contribution in [0.3, 0.4) is 0 Å². The lowest BCUT2D eigenvalue weighted by molar-refractivity contribution is 0.0602. The fraction of sp³-hybridized carbons (Fsp3) is 0.290. The molecular formula is C31H34N4O5. The maximum absolute atomic E-state index is 13.4.